The summed E-state index contributed by atoms with van der Waals surface area (Å²) in [5.41, 5.74) is 8.61. The van der Waals surface area contributed by atoms with Gasteiger partial charge in [0.05, 0.1) is 17.4 Å². The van der Waals surface area contributed by atoms with Crippen LogP contribution in [0.3, 0.4) is 0 Å². The number of benzene rings is 1. The van der Waals surface area contributed by atoms with Crippen molar-refractivity contribution < 1.29 is 4.79 Å². The average Bonchev–Trinajstić information content (AvgIpc) is 3.38. The Hall–Kier alpha value is -2.99. The van der Waals surface area contributed by atoms with Gasteiger partial charge in [0.1, 0.15) is 0 Å². The van der Waals surface area contributed by atoms with Gasteiger partial charge in [-0.05, 0) is 93.8 Å². The summed E-state index contributed by atoms with van der Waals surface area (Å²) in [5.74, 6) is 0.0624. The summed E-state index contributed by atoms with van der Waals surface area (Å²) >= 11 is 1.66. The van der Waals surface area contributed by atoms with Crippen LogP contribution in [0.15, 0.2) is 35.7 Å². The first-order valence-electron chi connectivity index (χ1n) is 11.0. The molecule has 1 N–H and O–H groups in total. The van der Waals surface area contributed by atoms with Gasteiger partial charge in [0.25, 0.3) is 0 Å². The fourth-order valence-corrected chi connectivity index (χ4v) is 5.01. The number of hydrogen-bond acceptors (Lipinski definition) is 4. The molecule has 6 heteroatoms. The largest absolute Gasteiger partial charge is 0.349 e. The highest BCUT2D eigenvalue weighted by molar-refractivity contribution is 7.10. The number of carbonyl (C=O) groups is 1. The fraction of sp³-hybridized carbons (Fsp3) is 0.346. The van der Waals surface area contributed by atoms with E-state index in [0.29, 0.717) is 12.8 Å². The van der Waals surface area contributed by atoms with Gasteiger partial charge in [-0.15, -0.1) is 11.3 Å². The summed E-state index contributed by atoms with van der Waals surface area (Å²) in [5, 5.41) is 11.0. The van der Waals surface area contributed by atoms with Crippen molar-refractivity contribution in [2.45, 2.75) is 60.4 Å². The Morgan fingerprint density at radius 1 is 1.09 bits per heavy atom. The first kappa shape index (κ1) is 22.2. The highest BCUT2D eigenvalue weighted by Gasteiger charge is 2.19. The molecule has 0 bridgehead atoms. The molecule has 32 heavy (non-hydrogen) atoms. The van der Waals surface area contributed by atoms with Crippen LogP contribution < -0.4 is 5.32 Å². The average molecular weight is 447 g/mol. The van der Waals surface area contributed by atoms with Gasteiger partial charge in [-0.3, -0.25) is 4.79 Å². The molecule has 4 aromatic rings. The number of amides is 1. The normalized spacial score (nSPS) is 12.3. The smallest absolute Gasteiger partial charge is 0.220 e. The van der Waals surface area contributed by atoms with Gasteiger partial charge < -0.3 is 5.32 Å². The molecule has 0 aliphatic rings. The summed E-state index contributed by atoms with van der Waals surface area (Å²) in [4.78, 5) is 18.7. The van der Waals surface area contributed by atoms with Gasteiger partial charge in [-0.1, -0.05) is 12.1 Å². The number of aromatic nitrogens is 3. The van der Waals surface area contributed by atoms with E-state index >= 15 is 0 Å². The number of thiophene rings is 1. The molecule has 0 aliphatic carbocycles. The molecule has 0 fully saturated rings. The third-order valence-corrected chi connectivity index (χ3v) is 7.31. The van der Waals surface area contributed by atoms with Crippen molar-refractivity contribution >= 4 is 28.3 Å². The maximum absolute atomic E-state index is 12.6. The lowest BCUT2D eigenvalue weighted by Gasteiger charge is -2.14. The van der Waals surface area contributed by atoms with Crippen molar-refractivity contribution in [2.24, 2.45) is 0 Å². The van der Waals surface area contributed by atoms with Crippen molar-refractivity contribution in [2.75, 3.05) is 0 Å². The summed E-state index contributed by atoms with van der Waals surface area (Å²) in [7, 11) is 0. The maximum atomic E-state index is 12.6. The first-order valence-corrected chi connectivity index (χ1v) is 11.9. The van der Waals surface area contributed by atoms with Gasteiger partial charge in [0.15, 0.2) is 5.65 Å². The molecule has 1 atom stereocenters. The minimum atomic E-state index is 0.0312. The predicted octanol–water partition coefficient (Wildman–Crippen LogP) is 5.83. The maximum Gasteiger partial charge on any atom is 0.220 e. The highest BCUT2D eigenvalue weighted by Crippen LogP contribution is 2.29. The second kappa shape index (κ2) is 8.87. The fourth-order valence-electron chi connectivity index (χ4n) is 4.27. The van der Waals surface area contributed by atoms with E-state index < -0.39 is 0 Å². The summed E-state index contributed by atoms with van der Waals surface area (Å²) in [6, 6.07) is 10.5. The second-order valence-electron chi connectivity index (χ2n) is 8.57. The molecule has 3 heterocycles. The van der Waals surface area contributed by atoms with Crippen molar-refractivity contribution in [3.05, 3.63) is 74.2 Å². The molecule has 1 amide bonds. The Bertz CT molecular complexity index is 1290. The Morgan fingerprint density at radius 3 is 2.56 bits per heavy atom. The zero-order chi connectivity index (χ0) is 23.0. The van der Waals surface area contributed by atoms with E-state index in [1.807, 2.05) is 36.9 Å². The van der Waals surface area contributed by atoms with E-state index in [9.17, 15) is 4.79 Å². The number of hydrogen-bond donors (Lipinski definition) is 1. The van der Waals surface area contributed by atoms with Crippen LogP contribution in [-0.2, 0) is 11.2 Å². The molecular weight excluding hydrogens is 416 g/mol. The van der Waals surface area contributed by atoms with E-state index in [1.165, 1.54) is 21.6 Å². The minimum Gasteiger partial charge on any atom is -0.349 e. The third-order valence-electron chi connectivity index (χ3n) is 6.26. The number of rotatable bonds is 6. The molecule has 5 nitrogen and oxygen atoms in total. The standard InChI is InChI=1S/C26H30N4OS/c1-15-9-10-21(14-16(15)2)30-26-25(20(6)29-30)17(3)22(18(4)28-26)11-12-24(31)27-19(5)23-8-7-13-32-23/h7-10,13-14,19H,11-12H2,1-6H3,(H,27,31). The molecule has 1 unspecified atom stereocenters. The molecular formula is C26H30N4OS. The monoisotopic (exact) mass is 446 g/mol. The second-order valence-corrected chi connectivity index (χ2v) is 9.55. The molecule has 0 saturated carbocycles. The van der Waals surface area contributed by atoms with Crippen LogP contribution in [0.4, 0.5) is 0 Å². The van der Waals surface area contributed by atoms with Gasteiger partial charge in [-0.2, -0.15) is 5.10 Å². The number of aryl methyl sites for hydroxylation is 5. The van der Waals surface area contributed by atoms with Crippen LogP contribution in [0.25, 0.3) is 16.7 Å². The summed E-state index contributed by atoms with van der Waals surface area (Å²) < 4.78 is 1.94. The topological polar surface area (TPSA) is 59.8 Å². The van der Waals surface area contributed by atoms with Crippen molar-refractivity contribution in [3.8, 4) is 5.69 Å². The van der Waals surface area contributed by atoms with E-state index in [-0.39, 0.29) is 11.9 Å². The van der Waals surface area contributed by atoms with Crippen molar-refractivity contribution in [1.82, 2.24) is 20.1 Å². The van der Waals surface area contributed by atoms with Gasteiger partial charge in [0.2, 0.25) is 5.91 Å². The Morgan fingerprint density at radius 2 is 1.88 bits per heavy atom. The highest BCUT2D eigenvalue weighted by atomic mass is 32.1. The molecule has 3 aromatic heterocycles. The molecule has 0 saturated heterocycles. The van der Waals surface area contributed by atoms with E-state index in [0.717, 1.165) is 33.7 Å². The van der Waals surface area contributed by atoms with E-state index in [1.54, 1.807) is 11.3 Å². The van der Waals surface area contributed by atoms with Crippen LogP contribution >= 0.6 is 11.3 Å². The molecule has 0 aliphatic heterocycles. The van der Waals surface area contributed by atoms with E-state index in [4.69, 9.17) is 10.1 Å². The van der Waals surface area contributed by atoms with Gasteiger partial charge >= 0.3 is 0 Å². The third kappa shape index (κ3) is 4.19. The number of nitrogens with zero attached hydrogens (tertiary/aromatic N) is 3. The summed E-state index contributed by atoms with van der Waals surface area (Å²) in [6.45, 7) is 12.4. The predicted molar refractivity (Wildman–Crippen MR) is 132 cm³/mol. The zero-order valence-corrected chi connectivity index (χ0v) is 20.4. The lowest BCUT2D eigenvalue weighted by molar-refractivity contribution is -0.121. The number of nitrogens with one attached hydrogen (secondary N) is 1. The summed E-state index contributed by atoms with van der Waals surface area (Å²) in [6.07, 6.45) is 1.10. The SMILES string of the molecule is Cc1ccc(-n2nc(C)c3c(C)c(CCC(=O)NC(C)c4cccs4)c(C)nc32)cc1C. The molecule has 1 aromatic carbocycles. The van der Waals surface area contributed by atoms with Crippen molar-refractivity contribution in [3.63, 3.8) is 0 Å². The first-order chi connectivity index (χ1) is 15.3. The molecule has 0 spiro atoms. The Kier molecular flexibility index (Phi) is 6.15. The number of carbonyl (C=O) groups excluding carboxylic acids is 1. The van der Waals surface area contributed by atoms with Crippen LogP contribution in [-0.4, -0.2) is 20.7 Å². The molecule has 0 radical (unpaired) electrons. The van der Waals surface area contributed by atoms with Gasteiger partial charge in [0, 0.05) is 22.4 Å². The van der Waals surface area contributed by atoms with Crippen LogP contribution in [0, 0.1) is 34.6 Å². The minimum absolute atomic E-state index is 0.0312. The van der Waals surface area contributed by atoms with Gasteiger partial charge in [-0.25, -0.2) is 9.67 Å². The quantitative estimate of drug-likeness (QED) is 0.405. The lowest BCUT2D eigenvalue weighted by atomic mass is 9.99. The van der Waals surface area contributed by atoms with Crippen molar-refractivity contribution in [1.29, 1.82) is 0 Å². The van der Waals surface area contributed by atoms with Crippen LogP contribution in [0.5, 0.6) is 0 Å². The Balaban J connectivity index is 1.60. The Labute approximate surface area is 193 Å². The lowest BCUT2D eigenvalue weighted by Crippen LogP contribution is -2.26. The number of fused-ring (bicyclic) bond motifs is 1. The zero-order valence-electron chi connectivity index (χ0n) is 19.6. The number of pyridine rings is 1. The van der Waals surface area contributed by atoms with E-state index in [2.05, 4.69) is 50.4 Å². The molecule has 166 valence electrons. The van der Waals surface area contributed by atoms with Crippen LogP contribution in [0.1, 0.15) is 57.9 Å². The van der Waals surface area contributed by atoms with Crippen LogP contribution in [0.2, 0.25) is 0 Å². The molecule has 4 rings (SSSR count).